The lowest BCUT2D eigenvalue weighted by molar-refractivity contribution is -0.121. The quantitative estimate of drug-likeness (QED) is 0.0939. The molecule has 0 radical (unpaired) electrons. The summed E-state index contributed by atoms with van der Waals surface area (Å²) in [6.45, 7) is 4.62. The highest BCUT2D eigenvalue weighted by Gasteiger charge is 2.05. The Hall–Kier alpha value is -4.34. The van der Waals surface area contributed by atoms with Crippen molar-refractivity contribution >= 4 is 72.8 Å². The second-order valence-electron chi connectivity index (χ2n) is 8.47. The van der Waals surface area contributed by atoms with Crippen LogP contribution in [-0.2, 0) is 4.79 Å². The van der Waals surface area contributed by atoms with E-state index in [-0.39, 0.29) is 11.8 Å². The minimum absolute atomic E-state index is 0.132. The molecule has 5 aromatic rings. The number of nitrogens with zero attached hydrogens (tertiary/aromatic N) is 2. The predicted octanol–water partition coefficient (Wildman–Crippen LogP) is 7.25. The molecule has 2 heterocycles. The van der Waals surface area contributed by atoms with Crippen LogP contribution in [0.4, 0.5) is 5.69 Å². The van der Waals surface area contributed by atoms with E-state index in [2.05, 4.69) is 50.6 Å². The van der Waals surface area contributed by atoms with Crippen LogP contribution in [0.1, 0.15) is 46.8 Å². The van der Waals surface area contributed by atoms with Crippen molar-refractivity contribution in [1.82, 2.24) is 10.9 Å². The van der Waals surface area contributed by atoms with Crippen molar-refractivity contribution in [3.63, 3.8) is 0 Å². The first kappa shape index (κ1) is 28.7. The van der Waals surface area contributed by atoms with Gasteiger partial charge in [0.05, 0.1) is 12.4 Å². The highest BCUT2D eigenvalue weighted by molar-refractivity contribution is 7.20. The van der Waals surface area contributed by atoms with E-state index >= 15 is 0 Å². The van der Waals surface area contributed by atoms with E-state index in [1.165, 1.54) is 14.8 Å². The third-order valence-corrected chi connectivity index (χ3v) is 7.79. The van der Waals surface area contributed by atoms with E-state index < -0.39 is 0 Å². The lowest BCUT2D eigenvalue weighted by atomic mass is 10.2. The van der Waals surface area contributed by atoms with Crippen molar-refractivity contribution in [2.45, 2.75) is 26.7 Å². The molecule has 2 aromatic heterocycles. The van der Waals surface area contributed by atoms with Crippen LogP contribution in [0.5, 0.6) is 0 Å². The standard InChI is InChI=1S/C29H25N5O2S2.C2H6/c35-28(33-31-18-24-16-21-6-1-3-8-26(21)37-24)10-5-15-30-23-13-11-20(12-14-23)29(36)34-32-19-25-17-22-7-2-4-9-27(22)38-25;1-2/h1-4,6-9,11-14,16-19,30H,5,10,15H2,(H,33,35)(H,34,36);1-2H3/b31-18+,32-19+;. The van der Waals surface area contributed by atoms with Gasteiger partial charge < -0.3 is 5.32 Å². The predicted molar refractivity (Wildman–Crippen MR) is 170 cm³/mol. The minimum atomic E-state index is -0.276. The minimum Gasteiger partial charge on any atom is -0.385 e. The van der Waals surface area contributed by atoms with Crippen LogP contribution < -0.4 is 16.2 Å². The normalized spacial score (nSPS) is 11.1. The number of nitrogens with one attached hydrogen (secondary N) is 3. The summed E-state index contributed by atoms with van der Waals surface area (Å²) < 4.78 is 2.37. The third kappa shape index (κ3) is 8.08. The summed E-state index contributed by atoms with van der Waals surface area (Å²) in [5.74, 6) is -0.408. The average Bonchev–Trinajstić information content (AvgIpc) is 3.60. The van der Waals surface area contributed by atoms with Crippen molar-refractivity contribution in [1.29, 1.82) is 0 Å². The van der Waals surface area contributed by atoms with E-state index in [4.69, 9.17) is 0 Å². The molecule has 40 heavy (non-hydrogen) atoms. The number of rotatable bonds is 10. The summed E-state index contributed by atoms with van der Waals surface area (Å²) in [7, 11) is 0. The summed E-state index contributed by atoms with van der Waals surface area (Å²) in [6.07, 6.45) is 4.34. The van der Waals surface area contributed by atoms with Gasteiger partial charge in [0.25, 0.3) is 5.91 Å². The van der Waals surface area contributed by atoms with E-state index in [9.17, 15) is 9.59 Å². The van der Waals surface area contributed by atoms with Crippen molar-refractivity contribution in [2.75, 3.05) is 11.9 Å². The zero-order valence-corrected chi connectivity index (χ0v) is 24.0. The number of hydrogen-bond donors (Lipinski definition) is 3. The Morgan fingerprint density at radius 1 is 0.750 bits per heavy atom. The fraction of sp³-hybridized carbons (Fsp3) is 0.161. The molecule has 0 saturated heterocycles. The molecule has 3 N–H and O–H groups in total. The summed E-state index contributed by atoms with van der Waals surface area (Å²) in [6, 6.07) is 27.5. The highest BCUT2D eigenvalue weighted by atomic mass is 32.1. The first-order valence-corrected chi connectivity index (χ1v) is 14.7. The maximum absolute atomic E-state index is 12.4. The Kier molecular flexibility index (Phi) is 10.5. The monoisotopic (exact) mass is 569 g/mol. The lowest BCUT2D eigenvalue weighted by Gasteiger charge is -2.07. The van der Waals surface area contributed by atoms with Gasteiger partial charge in [-0.15, -0.1) is 22.7 Å². The zero-order chi connectivity index (χ0) is 28.2. The third-order valence-electron chi connectivity index (χ3n) is 5.68. The van der Waals surface area contributed by atoms with Crippen LogP contribution in [0.15, 0.2) is 95.1 Å². The van der Waals surface area contributed by atoms with Gasteiger partial charge in [0, 0.05) is 43.4 Å². The van der Waals surface area contributed by atoms with Gasteiger partial charge in [-0.25, -0.2) is 10.9 Å². The van der Waals surface area contributed by atoms with Crippen LogP contribution in [0.3, 0.4) is 0 Å². The van der Waals surface area contributed by atoms with Gasteiger partial charge >= 0.3 is 0 Å². The van der Waals surface area contributed by atoms with Gasteiger partial charge in [-0.05, 0) is 65.7 Å². The molecular formula is C31H31N5O2S2. The SMILES string of the molecule is CC.O=C(CCCNc1ccc(C(=O)N/N=C/c2cc3ccccc3s2)cc1)N/N=C/c1cc2ccccc2s1. The molecule has 0 aliphatic rings. The van der Waals surface area contributed by atoms with Gasteiger partial charge in [0.2, 0.25) is 5.91 Å². The highest BCUT2D eigenvalue weighted by Crippen LogP contribution is 2.24. The molecule has 0 unspecified atom stereocenters. The molecule has 0 aliphatic carbocycles. The number of benzene rings is 3. The van der Waals surface area contributed by atoms with Gasteiger partial charge in [-0.1, -0.05) is 50.2 Å². The van der Waals surface area contributed by atoms with Crippen LogP contribution >= 0.6 is 22.7 Å². The zero-order valence-electron chi connectivity index (χ0n) is 22.4. The molecule has 5 rings (SSSR count). The van der Waals surface area contributed by atoms with Crippen LogP contribution in [0.25, 0.3) is 20.2 Å². The molecule has 3 aromatic carbocycles. The number of thiophene rings is 2. The van der Waals surface area contributed by atoms with Crippen molar-refractivity contribution in [3.8, 4) is 0 Å². The Morgan fingerprint density at radius 3 is 1.88 bits per heavy atom. The molecular weight excluding hydrogens is 539 g/mol. The molecule has 204 valence electrons. The smallest absolute Gasteiger partial charge is 0.271 e. The van der Waals surface area contributed by atoms with E-state index in [1.54, 1.807) is 47.2 Å². The van der Waals surface area contributed by atoms with E-state index in [0.717, 1.165) is 20.8 Å². The second-order valence-corrected chi connectivity index (χ2v) is 10.7. The fourth-order valence-corrected chi connectivity index (χ4v) is 5.67. The maximum Gasteiger partial charge on any atom is 0.271 e. The van der Waals surface area contributed by atoms with Gasteiger partial charge in [-0.3, -0.25) is 9.59 Å². The Balaban J connectivity index is 0.00000181. The largest absolute Gasteiger partial charge is 0.385 e. The Labute approximate surface area is 241 Å². The number of amides is 2. The molecule has 0 bridgehead atoms. The molecule has 0 saturated carbocycles. The van der Waals surface area contributed by atoms with Crippen LogP contribution in [-0.4, -0.2) is 30.8 Å². The molecule has 2 amide bonds. The van der Waals surface area contributed by atoms with Gasteiger partial charge in [0.15, 0.2) is 0 Å². The lowest BCUT2D eigenvalue weighted by Crippen LogP contribution is -2.18. The average molecular weight is 570 g/mol. The van der Waals surface area contributed by atoms with E-state index in [1.807, 2.05) is 62.4 Å². The number of hydrogen-bond acceptors (Lipinski definition) is 7. The molecule has 0 spiro atoms. The number of carbonyl (C=O) groups excluding carboxylic acids is 2. The first-order valence-electron chi connectivity index (χ1n) is 13.1. The summed E-state index contributed by atoms with van der Waals surface area (Å²) in [5.41, 5.74) is 6.54. The van der Waals surface area contributed by atoms with Crippen molar-refractivity contribution in [2.24, 2.45) is 10.2 Å². The number of hydrazone groups is 2. The van der Waals surface area contributed by atoms with E-state index in [0.29, 0.717) is 24.9 Å². The number of anilines is 1. The molecule has 0 fully saturated rings. The topological polar surface area (TPSA) is 95.0 Å². The Morgan fingerprint density at radius 2 is 1.30 bits per heavy atom. The second kappa shape index (κ2) is 14.7. The fourth-order valence-electron chi connectivity index (χ4n) is 3.80. The number of carbonyl (C=O) groups is 2. The molecule has 7 nitrogen and oxygen atoms in total. The van der Waals surface area contributed by atoms with Crippen LogP contribution in [0.2, 0.25) is 0 Å². The first-order chi connectivity index (χ1) is 19.6. The van der Waals surface area contributed by atoms with Crippen molar-refractivity contribution in [3.05, 3.63) is 100 Å². The van der Waals surface area contributed by atoms with Gasteiger partial charge in [-0.2, -0.15) is 10.2 Å². The maximum atomic E-state index is 12.4. The number of fused-ring (bicyclic) bond motifs is 2. The summed E-state index contributed by atoms with van der Waals surface area (Å²) in [5, 5.41) is 13.7. The van der Waals surface area contributed by atoms with Crippen LogP contribution in [0, 0.1) is 0 Å². The summed E-state index contributed by atoms with van der Waals surface area (Å²) >= 11 is 3.25. The van der Waals surface area contributed by atoms with Gasteiger partial charge in [0.1, 0.15) is 0 Å². The van der Waals surface area contributed by atoms with Crippen molar-refractivity contribution < 1.29 is 9.59 Å². The molecule has 9 heteroatoms. The summed E-state index contributed by atoms with van der Waals surface area (Å²) in [4.78, 5) is 26.4. The molecule has 0 atom stereocenters. The molecule has 0 aliphatic heterocycles. The Bertz CT molecular complexity index is 1550.